The highest BCUT2D eigenvalue weighted by Gasteiger charge is 2.29. The summed E-state index contributed by atoms with van der Waals surface area (Å²) in [6.45, 7) is 13.1. The van der Waals surface area contributed by atoms with Gasteiger partial charge < -0.3 is 15.1 Å². The van der Waals surface area contributed by atoms with Crippen LogP contribution in [0.2, 0.25) is 0 Å². The van der Waals surface area contributed by atoms with Gasteiger partial charge in [-0.25, -0.2) is 4.98 Å². The van der Waals surface area contributed by atoms with Gasteiger partial charge in [0, 0.05) is 36.0 Å². The number of nitrogens with one attached hydrogen (secondary N) is 1. The third-order valence-corrected chi connectivity index (χ3v) is 5.21. The summed E-state index contributed by atoms with van der Waals surface area (Å²) < 4.78 is 0. The molecule has 1 saturated heterocycles. The molecule has 2 heterocycles. The van der Waals surface area contributed by atoms with E-state index in [-0.39, 0.29) is 5.41 Å². The predicted octanol–water partition coefficient (Wildman–Crippen LogP) is 2.69. The van der Waals surface area contributed by atoms with Gasteiger partial charge in [0.15, 0.2) is 5.13 Å². The number of hydrogen-bond donors (Lipinski definition) is 1. The van der Waals surface area contributed by atoms with Gasteiger partial charge in [0.05, 0.1) is 5.69 Å². The van der Waals surface area contributed by atoms with Crippen molar-refractivity contribution in [2.45, 2.75) is 52.1 Å². The van der Waals surface area contributed by atoms with Gasteiger partial charge in [-0.15, -0.1) is 11.3 Å². The number of likely N-dealkylation sites (N-methyl/N-ethyl adjacent to an activating group) is 1. The van der Waals surface area contributed by atoms with Gasteiger partial charge in [0.25, 0.3) is 0 Å². The molecule has 1 aliphatic rings. The summed E-state index contributed by atoms with van der Waals surface area (Å²) in [6.07, 6.45) is 1.24. The van der Waals surface area contributed by atoms with Crippen molar-refractivity contribution in [3.05, 3.63) is 10.6 Å². The van der Waals surface area contributed by atoms with Crippen molar-refractivity contribution in [1.82, 2.24) is 15.2 Å². The lowest BCUT2D eigenvalue weighted by Gasteiger charge is -2.20. The first kappa shape index (κ1) is 16.7. The number of rotatable bonds is 5. The maximum atomic E-state index is 5.00. The van der Waals surface area contributed by atoms with Crippen LogP contribution < -0.4 is 10.2 Å². The average Bonchev–Trinajstić information content (AvgIpc) is 3.01. The highest BCUT2D eigenvalue weighted by molar-refractivity contribution is 7.15. The molecule has 1 aromatic rings. The Labute approximate surface area is 133 Å². The summed E-state index contributed by atoms with van der Waals surface area (Å²) in [7, 11) is 4.35. The van der Waals surface area contributed by atoms with E-state index in [9.17, 15) is 0 Å². The van der Waals surface area contributed by atoms with Crippen LogP contribution in [0, 0.1) is 0 Å². The van der Waals surface area contributed by atoms with Crippen molar-refractivity contribution in [1.29, 1.82) is 0 Å². The second kappa shape index (κ2) is 6.63. The van der Waals surface area contributed by atoms with E-state index >= 15 is 0 Å². The monoisotopic (exact) mass is 310 g/mol. The summed E-state index contributed by atoms with van der Waals surface area (Å²) in [6, 6.07) is 0.657. The SMILES string of the molecule is CCNCc1sc(N2CCC(N(C)C)C2)nc1C(C)(C)C. The zero-order valence-corrected chi connectivity index (χ0v) is 15.2. The van der Waals surface area contributed by atoms with Crippen LogP contribution in [0.1, 0.15) is 44.7 Å². The summed E-state index contributed by atoms with van der Waals surface area (Å²) >= 11 is 1.87. The van der Waals surface area contributed by atoms with Gasteiger partial charge in [-0.05, 0) is 27.1 Å². The number of thiazole rings is 1. The van der Waals surface area contributed by atoms with Crippen molar-refractivity contribution >= 4 is 16.5 Å². The molecule has 1 atom stereocenters. The largest absolute Gasteiger partial charge is 0.346 e. The zero-order chi connectivity index (χ0) is 15.6. The minimum atomic E-state index is 0.111. The van der Waals surface area contributed by atoms with E-state index in [1.54, 1.807) is 0 Å². The Morgan fingerprint density at radius 1 is 1.38 bits per heavy atom. The van der Waals surface area contributed by atoms with Crippen molar-refractivity contribution in [3.8, 4) is 0 Å². The Bertz CT molecular complexity index is 461. The Morgan fingerprint density at radius 3 is 2.62 bits per heavy atom. The molecule has 120 valence electrons. The second-order valence-electron chi connectivity index (χ2n) is 7.15. The zero-order valence-electron chi connectivity index (χ0n) is 14.4. The number of aromatic nitrogens is 1. The van der Waals surface area contributed by atoms with Crippen LogP contribution in [-0.4, -0.2) is 49.7 Å². The molecule has 2 rings (SSSR count). The fraction of sp³-hybridized carbons (Fsp3) is 0.812. The molecule has 0 saturated carbocycles. The van der Waals surface area contributed by atoms with Crippen LogP contribution >= 0.6 is 11.3 Å². The molecule has 1 aromatic heterocycles. The molecule has 5 heteroatoms. The molecule has 0 amide bonds. The van der Waals surface area contributed by atoms with E-state index in [1.165, 1.54) is 22.1 Å². The van der Waals surface area contributed by atoms with Crippen molar-refractivity contribution in [2.24, 2.45) is 0 Å². The summed E-state index contributed by atoms with van der Waals surface area (Å²) in [5, 5.41) is 4.66. The first-order chi connectivity index (χ1) is 9.82. The topological polar surface area (TPSA) is 31.4 Å². The average molecular weight is 311 g/mol. The van der Waals surface area contributed by atoms with Crippen molar-refractivity contribution in [2.75, 3.05) is 38.6 Å². The van der Waals surface area contributed by atoms with Gasteiger partial charge in [0.2, 0.25) is 0 Å². The van der Waals surface area contributed by atoms with Crippen LogP contribution in [0.3, 0.4) is 0 Å². The first-order valence-electron chi connectivity index (χ1n) is 7.95. The lowest BCUT2D eigenvalue weighted by Crippen LogP contribution is -2.31. The Balaban J connectivity index is 2.19. The molecule has 1 unspecified atom stereocenters. The molecular formula is C16H30N4S. The summed E-state index contributed by atoms with van der Waals surface area (Å²) in [5.74, 6) is 0. The fourth-order valence-electron chi connectivity index (χ4n) is 2.76. The molecule has 1 fully saturated rings. The molecule has 4 nitrogen and oxygen atoms in total. The Morgan fingerprint density at radius 2 is 2.10 bits per heavy atom. The van der Waals surface area contributed by atoms with Gasteiger partial charge in [0.1, 0.15) is 0 Å². The third kappa shape index (κ3) is 3.96. The minimum Gasteiger partial charge on any atom is -0.346 e. The van der Waals surface area contributed by atoms with E-state index in [2.05, 4.69) is 56.9 Å². The van der Waals surface area contributed by atoms with Crippen LogP contribution in [0.4, 0.5) is 5.13 Å². The molecule has 0 spiro atoms. The number of hydrogen-bond acceptors (Lipinski definition) is 5. The molecule has 0 radical (unpaired) electrons. The molecular weight excluding hydrogens is 280 g/mol. The quantitative estimate of drug-likeness (QED) is 0.906. The number of nitrogens with zero attached hydrogens (tertiary/aromatic N) is 3. The maximum Gasteiger partial charge on any atom is 0.185 e. The summed E-state index contributed by atoms with van der Waals surface area (Å²) in [4.78, 5) is 11.2. The molecule has 0 bridgehead atoms. The van der Waals surface area contributed by atoms with E-state index in [0.29, 0.717) is 6.04 Å². The van der Waals surface area contributed by atoms with Crippen LogP contribution in [0.25, 0.3) is 0 Å². The van der Waals surface area contributed by atoms with Crippen LogP contribution in [0.15, 0.2) is 0 Å². The van der Waals surface area contributed by atoms with E-state index in [4.69, 9.17) is 4.98 Å². The lowest BCUT2D eigenvalue weighted by molar-refractivity contribution is 0.315. The normalized spacial score (nSPS) is 19.8. The van der Waals surface area contributed by atoms with Crippen molar-refractivity contribution < 1.29 is 0 Å². The van der Waals surface area contributed by atoms with Gasteiger partial charge in [-0.2, -0.15) is 0 Å². The lowest BCUT2D eigenvalue weighted by atomic mass is 9.91. The van der Waals surface area contributed by atoms with Crippen LogP contribution in [-0.2, 0) is 12.0 Å². The van der Waals surface area contributed by atoms with E-state index < -0.39 is 0 Å². The third-order valence-electron chi connectivity index (χ3n) is 4.10. The van der Waals surface area contributed by atoms with Crippen LogP contribution in [0.5, 0.6) is 0 Å². The highest BCUT2D eigenvalue weighted by atomic mass is 32.1. The smallest absolute Gasteiger partial charge is 0.185 e. The molecule has 21 heavy (non-hydrogen) atoms. The maximum absolute atomic E-state index is 5.00. The second-order valence-corrected chi connectivity index (χ2v) is 8.21. The van der Waals surface area contributed by atoms with Gasteiger partial charge in [-0.1, -0.05) is 27.7 Å². The Kier molecular flexibility index (Phi) is 5.28. The molecule has 1 N–H and O–H groups in total. The predicted molar refractivity (Wildman–Crippen MR) is 92.5 cm³/mol. The number of anilines is 1. The minimum absolute atomic E-state index is 0.111. The van der Waals surface area contributed by atoms with Gasteiger partial charge >= 0.3 is 0 Å². The Hall–Kier alpha value is -0.650. The molecule has 0 aliphatic carbocycles. The van der Waals surface area contributed by atoms with E-state index in [1.807, 2.05) is 11.3 Å². The molecule has 1 aliphatic heterocycles. The van der Waals surface area contributed by atoms with Crippen molar-refractivity contribution in [3.63, 3.8) is 0 Å². The van der Waals surface area contributed by atoms with Gasteiger partial charge in [-0.3, -0.25) is 0 Å². The van der Waals surface area contributed by atoms with E-state index in [0.717, 1.165) is 26.2 Å². The fourth-order valence-corrected chi connectivity index (χ4v) is 4.03. The standard InChI is InChI=1S/C16H30N4S/c1-7-17-10-13-14(16(2,3)4)18-15(21-13)20-9-8-12(11-20)19(5)6/h12,17H,7-11H2,1-6H3. The first-order valence-corrected chi connectivity index (χ1v) is 8.76. The summed E-state index contributed by atoms with van der Waals surface area (Å²) in [5.41, 5.74) is 1.37. The highest BCUT2D eigenvalue weighted by Crippen LogP contribution is 2.35. The molecule has 0 aromatic carbocycles.